The van der Waals surface area contributed by atoms with Crippen LogP contribution in [0.25, 0.3) is 6.08 Å². The van der Waals surface area contributed by atoms with Crippen molar-refractivity contribution in [1.82, 2.24) is 4.90 Å². The fourth-order valence-electron chi connectivity index (χ4n) is 4.43. The molecular formula is C29H35N3O3. The minimum atomic E-state index is -0.617. The highest BCUT2D eigenvalue weighted by atomic mass is 16.5. The molecule has 0 saturated carbocycles. The summed E-state index contributed by atoms with van der Waals surface area (Å²) in [6.45, 7) is 13.5. The van der Waals surface area contributed by atoms with Gasteiger partial charge in [-0.3, -0.25) is 9.69 Å². The van der Waals surface area contributed by atoms with Crippen molar-refractivity contribution in [1.29, 1.82) is 0 Å². The Morgan fingerprint density at radius 2 is 1.63 bits per heavy atom. The number of esters is 1. The van der Waals surface area contributed by atoms with Crippen molar-refractivity contribution in [3.63, 3.8) is 0 Å². The summed E-state index contributed by atoms with van der Waals surface area (Å²) >= 11 is 0. The van der Waals surface area contributed by atoms with Gasteiger partial charge in [-0.25, -0.2) is 9.79 Å². The summed E-state index contributed by atoms with van der Waals surface area (Å²) in [6.07, 6.45) is 1.87. The minimum Gasteiger partial charge on any atom is -0.463 e. The quantitative estimate of drug-likeness (QED) is 0.360. The molecule has 1 atom stereocenters. The van der Waals surface area contributed by atoms with Crippen LogP contribution in [0.15, 0.2) is 76.4 Å². The summed E-state index contributed by atoms with van der Waals surface area (Å²) in [5.41, 5.74) is 4.42. The minimum absolute atomic E-state index is 0.206. The number of allylic oxidation sites excluding steroid dienone is 1. The first kappa shape index (κ1) is 25.9. The largest absolute Gasteiger partial charge is 0.463 e. The van der Waals surface area contributed by atoms with Gasteiger partial charge in [0.25, 0.3) is 5.91 Å². The van der Waals surface area contributed by atoms with Gasteiger partial charge in [-0.1, -0.05) is 42.5 Å². The van der Waals surface area contributed by atoms with E-state index in [1.54, 1.807) is 32.6 Å². The predicted molar refractivity (Wildman–Crippen MR) is 142 cm³/mol. The van der Waals surface area contributed by atoms with Crippen LogP contribution in [0.5, 0.6) is 0 Å². The van der Waals surface area contributed by atoms with Crippen molar-refractivity contribution in [2.75, 3.05) is 24.6 Å². The van der Waals surface area contributed by atoms with E-state index >= 15 is 0 Å². The molecule has 0 aromatic heterocycles. The van der Waals surface area contributed by atoms with Gasteiger partial charge in [0.2, 0.25) is 0 Å². The molecule has 35 heavy (non-hydrogen) atoms. The van der Waals surface area contributed by atoms with Gasteiger partial charge in [-0.05, 0) is 70.9 Å². The molecule has 1 aliphatic heterocycles. The van der Waals surface area contributed by atoms with E-state index in [4.69, 9.17) is 4.74 Å². The molecule has 0 aliphatic carbocycles. The molecule has 1 unspecified atom stereocenters. The topological polar surface area (TPSA) is 62.2 Å². The Bertz CT molecular complexity index is 1140. The van der Waals surface area contributed by atoms with Crippen molar-refractivity contribution in [3.8, 4) is 0 Å². The maximum Gasteiger partial charge on any atom is 0.338 e. The Morgan fingerprint density at radius 1 is 1.00 bits per heavy atom. The smallest absolute Gasteiger partial charge is 0.338 e. The van der Waals surface area contributed by atoms with Gasteiger partial charge in [0, 0.05) is 24.4 Å². The summed E-state index contributed by atoms with van der Waals surface area (Å²) in [6, 6.07) is 17.1. The second kappa shape index (κ2) is 11.6. The van der Waals surface area contributed by atoms with Crippen LogP contribution >= 0.6 is 0 Å². The highest BCUT2D eigenvalue weighted by Crippen LogP contribution is 2.36. The molecule has 1 aliphatic rings. The molecule has 1 heterocycles. The van der Waals surface area contributed by atoms with Crippen molar-refractivity contribution in [2.45, 2.75) is 47.6 Å². The first-order valence-electron chi connectivity index (χ1n) is 12.2. The van der Waals surface area contributed by atoms with Gasteiger partial charge >= 0.3 is 5.97 Å². The standard InChI is InChI=1S/C29H35N3O3/c1-7-31(8-2)25-17-15-23(16-18-25)19-20(4)28(33)32-22(6)30-21(5)26(29(34)35-9-3)27(32)24-13-11-10-12-14-24/h10-19,27H,7-9H2,1-6H3/b20-19-. The molecule has 2 aromatic rings. The molecule has 0 N–H and O–H groups in total. The predicted octanol–water partition coefficient (Wildman–Crippen LogP) is 5.78. The maximum atomic E-state index is 13.8. The summed E-state index contributed by atoms with van der Waals surface area (Å²) in [5, 5.41) is 0. The van der Waals surface area contributed by atoms with E-state index < -0.39 is 12.0 Å². The Morgan fingerprint density at radius 3 is 2.20 bits per heavy atom. The molecule has 0 spiro atoms. The lowest BCUT2D eigenvalue weighted by molar-refractivity contribution is -0.139. The number of ether oxygens (including phenoxy) is 1. The van der Waals surface area contributed by atoms with E-state index in [0.717, 1.165) is 29.9 Å². The lowest BCUT2D eigenvalue weighted by Gasteiger charge is -2.36. The van der Waals surface area contributed by atoms with Crippen molar-refractivity contribution < 1.29 is 14.3 Å². The van der Waals surface area contributed by atoms with E-state index in [1.165, 1.54) is 0 Å². The van der Waals surface area contributed by atoms with Crippen LogP contribution in [-0.4, -0.2) is 42.3 Å². The number of aliphatic imine (C=N–C) groups is 1. The first-order chi connectivity index (χ1) is 16.8. The van der Waals surface area contributed by atoms with Crippen LogP contribution in [-0.2, 0) is 14.3 Å². The van der Waals surface area contributed by atoms with Crippen LogP contribution in [0, 0.1) is 0 Å². The van der Waals surface area contributed by atoms with Gasteiger partial charge < -0.3 is 9.64 Å². The van der Waals surface area contributed by atoms with Crippen molar-refractivity contribution in [3.05, 3.63) is 82.6 Å². The van der Waals surface area contributed by atoms with Gasteiger partial charge in [0.05, 0.1) is 23.9 Å². The fraction of sp³-hybridized carbons (Fsp3) is 0.345. The Kier molecular flexibility index (Phi) is 8.63. The number of hydrogen-bond donors (Lipinski definition) is 0. The van der Waals surface area contributed by atoms with Crippen LogP contribution in [0.4, 0.5) is 5.69 Å². The maximum absolute atomic E-state index is 13.8. The zero-order valence-corrected chi connectivity index (χ0v) is 21.5. The molecule has 0 fully saturated rings. The average molecular weight is 474 g/mol. The molecule has 6 heteroatoms. The normalized spacial score (nSPS) is 16.2. The lowest BCUT2D eigenvalue weighted by Crippen LogP contribution is -2.43. The van der Waals surface area contributed by atoms with E-state index in [2.05, 4.69) is 35.9 Å². The number of carbonyl (C=O) groups is 2. The summed E-state index contributed by atoms with van der Waals surface area (Å²) in [5.74, 6) is -0.122. The molecule has 3 rings (SSSR count). The molecule has 184 valence electrons. The fourth-order valence-corrected chi connectivity index (χ4v) is 4.43. The van der Waals surface area contributed by atoms with Crippen LogP contribution in [0.1, 0.15) is 58.7 Å². The van der Waals surface area contributed by atoms with Gasteiger partial charge in [0.15, 0.2) is 0 Å². The summed E-state index contributed by atoms with van der Waals surface area (Å²) < 4.78 is 5.35. The summed E-state index contributed by atoms with van der Waals surface area (Å²) in [4.78, 5) is 35.2. The lowest BCUT2D eigenvalue weighted by atomic mass is 9.93. The number of carbonyl (C=O) groups excluding carboxylic acids is 2. The molecule has 1 amide bonds. The van der Waals surface area contributed by atoms with Crippen molar-refractivity contribution in [2.24, 2.45) is 4.99 Å². The summed E-state index contributed by atoms with van der Waals surface area (Å²) in [7, 11) is 0. The van der Waals surface area contributed by atoms with Gasteiger partial charge in [-0.15, -0.1) is 0 Å². The monoisotopic (exact) mass is 473 g/mol. The van der Waals surface area contributed by atoms with Crippen LogP contribution < -0.4 is 4.90 Å². The van der Waals surface area contributed by atoms with Gasteiger partial charge in [-0.2, -0.15) is 0 Å². The number of nitrogens with zero attached hydrogens (tertiary/aromatic N) is 3. The average Bonchev–Trinajstić information content (AvgIpc) is 2.85. The zero-order chi connectivity index (χ0) is 25.5. The first-order valence-corrected chi connectivity index (χ1v) is 12.2. The number of anilines is 1. The van der Waals surface area contributed by atoms with E-state index in [1.807, 2.05) is 48.5 Å². The molecule has 2 aromatic carbocycles. The third-order valence-electron chi connectivity index (χ3n) is 6.17. The Balaban J connectivity index is 2.00. The van der Waals surface area contributed by atoms with Crippen LogP contribution in [0.2, 0.25) is 0 Å². The van der Waals surface area contributed by atoms with Crippen molar-refractivity contribution >= 4 is 29.5 Å². The zero-order valence-electron chi connectivity index (χ0n) is 21.5. The number of hydrogen-bond acceptors (Lipinski definition) is 5. The van der Waals surface area contributed by atoms with Crippen LogP contribution in [0.3, 0.4) is 0 Å². The van der Waals surface area contributed by atoms with E-state index in [0.29, 0.717) is 22.7 Å². The SMILES string of the molecule is CCOC(=O)C1=C(C)N=C(C)N(C(=O)/C(C)=C\c2ccc(N(CC)CC)cc2)C1c1ccccc1. The third-order valence-corrected chi connectivity index (χ3v) is 6.17. The highest BCUT2D eigenvalue weighted by Gasteiger charge is 2.38. The second-order valence-electron chi connectivity index (χ2n) is 8.46. The molecule has 0 bridgehead atoms. The van der Waals surface area contributed by atoms with Gasteiger partial charge in [0.1, 0.15) is 5.84 Å². The molecule has 6 nitrogen and oxygen atoms in total. The second-order valence-corrected chi connectivity index (χ2v) is 8.46. The number of rotatable bonds is 8. The highest BCUT2D eigenvalue weighted by molar-refractivity contribution is 6.10. The van der Waals surface area contributed by atoms with E-state index in [9.17, 15) is 9.59 Å². The Labute approximate surface area is 208 Å². The molecule has 0 radical (unpaired) electrons. The van der Waals surface area contributed by atoms with E-state index in [-0.39, 0.29) is 12.5 Å². The number of amides is 1. The number of benzene rings is 2. The third kappa shape index (κ3) is 5.70. The number of amidine groups is 1. The molecular weight excluding hydrogens is 438 g/mol. The Hall–Kier alpha value is -3.67. The molecule has 0 saturated heterocycles.